The molecule has 1 fully saturated rings. The molecule has 0 unspecified atom stereocenters. The van der Waals surface area contributed by atoms with Gasteiger partial charge in [0.15, 0.2) is 0 Å². The van der Waals surface area contributed by atoms with Gasteiger partial charge in [0.2, 0.25) is 11.8 Å². The molecule has 1 aliphatic rings. The average molecular weight is 369 g/mol. The van der Waals surface area contributed by atoms with E-state index in [4.69, 9.17) is 4.42 Å². The third-order valence-corrected chi connectivity index (χ3v) is 4.54. The monoisotopic (exact) mass is 369 g/mol. The van der Waals surface area contributed by atoms with E-state index in [1.165, 1.54) is 9.80 Å². The number of hydrogen-bond donors (Lipinski definition) is 0. The van der Waals surface area contributed by atoms with E-state index in [9.17, 15) is 14.4 Å². The van der Waals surface area contributed by atoms with Gasteiger partial charge in [0.05, 0.1) is 12.8 Å². The maximum absolute atomic E-state index is 12.8. The molecule has 0 bridgehead atoms. The molecule has 0 radical (unpaired) electrons. The van der Waals surface area contributed by atoms with Crippen LogP contribution in [0.4, 0.5) is 10.5 Å². The number of urea groups is 1. The van der Waals surface area contributed by atoms with Crippen LogP contribution in [-0.4, -0.2) is 47.8 Å². The molecule has 0 saturated carbocycles. The molecule has 1 aromatic heterocycles. The van der Waals surface area contributed by atoms with Crippen molar-refractivity contribution in [2.75, 3.05) is 25.0 Å². The molecule has 1 aromatic carbocycles. The number of imide groups is 1. The maximum atomic E-state index is 12.8. The summed E-state index contributed by atoms with van der Waals surface area (Å²) in [6.07, 6.45) is 2.23. The smallest absolute Gasteiger partial charge is 0.326 e. The lowest BCUT2D eigenvalue weighted by molar-refractivity contribution is -0.126. The summed E-state index contributed by atoms with van der Waals surface area (Å²) in [5, 5.41) is 0. The Kier molecular flexibility index (Phi) is 5.59. The van der Waals surface area contributed by atoms with Gasteiger partial charge in [-0.05, 0) is 37.6 Å². The molecule has 7 nitrogen and oxygen atoms in total. The number of anilines is 1. The lowest BCUT2D eigenvalue weighted by atomic mass is 10.2. The van der Waals surface area contributed by atoms with Crippen LogP contribution in [-0.2, 0) is 16.1 Å². The van der Waals surface area contributed by atoms with Crippen LogP contribution in [0.2, 0.25) is 0 Å². The van der Waals surface area contributed by atoms with Gasteiger partial charge in [-0.2, -0.15) is 0 Å². The number of furan rings is 1. The molecule has 7 heteroatoms. The summed E-state index contributed by atoms with van der Waals surface area (Å²) < 4.78 is 5.39. The summed E-state index contributed by atoms with van der Waals surface area (Å²) in [4.78, 5) is 40.8. The highest BCUT2D eigenvalue weighted by Crippen LogP contribution is 2.20. The highest BCUT2D eigenvalue weighted by atomic mass is 16.3. The number of benzene rings is 1. The zero-order chi connectivity index (χ0) is 19.4. The van der Waals surface area contributed by atoms with Gasteiger partial charge in [-0.1, -0.05) is 17.7 Å². The number of likely N-dealkylation sites (N-methyl/N-ethyl adjacent to an activating group) is 1. The minimum atomic E-state index is -0.307. The van der Waals surface area contributed by atoms with E-state index < -0.39 is 0 Å². The van der Waals surface area contributed by atoms with Gasteiger partial charge in [0.1, 0.15) is 12.3 Å². The summed E-state index contributed by atoms with van der Waals surface area (Å²) in [5.74, 6) is 0.388. The highest BCUT2D eigenvalue weighted by Gasteiger charge is 2.33. The van der Waals surface area contributed by atoms with Crippen LogP contribution in [0.25, 0.3) is 0 Å². The fourth-order valence-corrected chi connectivity index (χ4v) is 3.02. The van der Waals surface area contributed by atoms with Crippen LogP contribution in [0.5, 0.6) is 0 Å². The molecule has 1 saturated heterocycles. The largest absolute Gasteiger partial charge is 0.467 e. The van der Waals surface area contributed by atoms with E-state index in [0.29, 0.717) is 18.7 Å². The number of rotatable bonds is 7. The van der Waals surface area contributed by atoms with E-state index >= 15 is 0 Å². The molecule has 3 rings (SSSR count). The number of nitrogens with zero attached hydrogens (tertiary/aromatic N) is 3. The second-order valence-electron chi connectivity index (χ2n) is 6.68. The summed E-state index contributed by atoms with van der Waals surface area (Å²) in [5.41, 5.74) is 1.90. The molecular formula is C20H23N3O4. The van der Waals surface area contributed by atoms with Crippen LogP contribution < -0.4 is 4.90 Å². The minimum absolute atomic E-state index is 0.0808. The topological polar surface area (TPSA) is 74.1 Å². The third kappa shape index (κ3) is 4.36. The lowest BCUT2D eigenvalue weighted by Gasteiger charge is -2.22. The van der Waals surface area contributed by atoms with Crippen molar-refractivity contribution < 1.29 is 18.8 Å². The van der Waals surface area contributed by atoms with Crippen molar-refractivity contribution in [2.45, 2.75) is 26.3 Å². The molecule has 4 amide bonds. The molecule has 0 spiro atoms. The Balaban J connectivity index is 1.65. The van der Waals surface area contributed by atoms with Crippen molar-refractivity contribution in [3.63, 3.8) is 0 Å². The van der Waals surface area contributed by atoms with E-state index in [1.807, 2.05) is 37.3 Å². The minimum Gasteiger partial charge on any atom is -0.467 e. The first-order chi connectivity index (χ1) is 13.0. The van der Waals surface area contributed by atoms with Crippen LogP contribution in [0.3, 0.4) is 0 Å². The predicted octanol–water partition coefficient (Wildman–Crippen LogP) is 2.80. The van der Waals surface area contributed by atoms with Gasteiger partial charge in [0, 0.05) is 25.7 Å². The number of hydrogen-bond acceptors (Lipinski definition) is 4. The molecule has 0 N–H and O–H groups in total. The van der Waals surface area contributed by atoms with Crippen LogP contribution in [0.15, 0.2) is 47.1 Å². The zero-order valence-electron chi connectivity index (χ0n) is 15.6. The van der Waals surface area contributed by atoms with Crippen molar-refractivity contribution in [2.24, 2.45) is 0 Å². The summed E-state index contributed by atoms with van der Waals surface area (Å²) in [7, 11) is 1.59. The van der Waals surface area contributed by atoms with Gasteiger partial charge >= 0.3 is 6.03 Å². The summed E-state index contributed by atoms with van der Waals surface area (Å²) in [6.45, 7) is 2.67. The molecule has 0 atom stereocenters. The molecular weight excluding hydrogens is 346 g/mol. The Labute approximate surface area is 158 Å². The lowest BCUT2D eigenvalue weighted by Crippen LogP contribution is -2.34. The van der Waals surface area contributed by atoms with Gasteiger partial charge < -0.3 is 14.2 Å². The molecule has 0 aliphatic carbocycles. The van der Waals surface area contributed by atoms with Crippen molar-refractivity contribution in [3.8, 4) is 0 Å². The molecule has 2 aromatic rings. The second-order valence-corrected chi connectivity index (χ2v) is 6.68. The maximum Gasteiger partial charge on any atom is 0.326 e. The van der Waals surface area contributed by atoms with Crippen molar-refractivity contribution in [1.82, 2.24) is 9.80 Å². The van der Waals surface area contributed by atoms with Crippen LogP contribution in [0, 0.1) is 6.92 Å². The van der Waals surface area contributed by atoms with Crippen molar-refractivity contribution in [1.29, 1.82) is 0 Å². The Morgan fingerprint density at radius 3 is 2.52 bits per heavy atom. The van der Waals surface area contributed by atoms with E-state index in [-0.39, 0.29) is 37.4 Å². The number of carbonyl (C=O) groups excluding carboxylic acids is 3. The highest BCUT2D eigenvalue weighted by molar-refractivity contribution is 6.01. The first kappa shape index (κ1) is 18.7. The first-order valence-corrected chi connectivity index (χ1v) is 8.90. The quantitative estimate of drug-likeness (QED) is 0.704. The van der Waals surface area contributed by atoms with Crippen molar-refractivity contribution in [3.05, 3.63) is 54.0 Å². The van der Waals surface area contributed by atoms with Gasteiger partial charge in [0.25, 0.3) is 0 Å². The zero-order valence-corrected chi connectivity index (χ0v) is 15.6. The number of carbonyl (C=O) groups is 3. The summed E-state index contributed by atoms with van der Waals surface area (Å²) >= 11 is 0. The SMILES string of the molecule is Cc1ccc(N(Cc2ccco2)C(=O)CCCN2C(=O)CN(C)C2=O)cc1. The standard InChI is InChI=1S/C20H23N3O4/c1-15-7-9-16(10-8-15)23(13-17-5-4-12-27-17)18(24)6-3-11-22-19(25)14-21(2)20(22)26/h4-5,7-10,12H,3,6,11,13-14H2,1-2H3. The van der Waals surface area contributed by atoms with E-state index in [2.05, 4.69) is 0 Å². The van der Waals surface area contributed by atoms with Crippen molar-refractivity contribution >= 4 is 23.5 Å². The van der Waals surface area contributed by atoms with Gasteiger partial charge in [-0.15, -0.1) is 0 Å². The summed E-state index contributed by atoms with van der Waals surface area (Å²) in [6, 6.07) is 11.0. The van der Waals surface area contributed by atoms with Crippen LogP contribution in [0.1, 0.15) is 24.2 Å². The molecule has 27 heavy (non-hydrogen) atoms. The third-order valence-electron chi connectivity index (χ3n) is 4.54. The number of aryl methyl sites for hydroxylation is 1. The Morgan fingerprint density at radius 2 is 1.93 bits per heavy atom. The molecule has 142 valence electrons. The predicted molar refractivity (Wildman–Crippen MR) is 100 cm³/mol. The second kappa shape index (κ2) is 8.07. The molecule has 1 aliphatic heterocycles. The molecule has 2 heterocycles. The van der Waals surface area contributed by atoms with Gasteiger partial charge in [-0.25, -0.2) is 4.79 Å². The van der Waals surface area contributed by atoms with Gasteiger partial charge in [-0.3, -0.25) is 14.5 Å². The first-order valence-electron chi connectivity index (χ1n) is 8.90. The number of amides is 4. The van der Waals surface area contributed by atoms with E-state index in [1.54, 1.807) is 24.3 Å². The van der Waals surface area contributed by atoms with Crippen LogP contribution >= 0.6 is 0 Å². The normalized spacial score (nSPS) is 14.1. The Morgan fingerprint density at radius 1 is 1.19 bits per heavy atom. The fraction of sp³-hybridized carbons (Fsp3) is 0.350. The Bertz CT molecular complexity index is 814. The van der Waals surface area contributed by atoms with E-state index in [0.717, 1.165) is 11.3 Å². The average Bonchev–Trinajstić information content (AvgIpc) is 3.24. The fourth-order valence-electron chi connectivity index (χ4n) is 3.02. The Hall–Kier alpha value is -3.09.